The van der Waals surface area contributed by atoms with Crippen LogP contribution in [0.2, 0.25) is 0 Å². The summed E-state index contributed by atoms with van der Waals surface area (Å²) in [6.45, 7) is 7.96. The number of hydrogen-bond acceptors (Lipinski definition) is 4. The Bertz CT molecular complexity index is 546. The van der Waals surface area contributed by atoms with Gasteiger partial charge in [-0.3, -0.25) is 0 Å². The zero-order chi connectivity index (χ0) is 17.4. The van der Waals surface area contributed by atoms with Crippen molar-refractivity contribution in [2.75, 3.05) is 33.4 Å². The summed E-state index contributed by atoms with van der Waals surface area (Å²) in [5.74, 6) is 1.85. The van der Waals surface area contributed by atoms with Gasteiger partial charge in [0, 0.05) is 31.8 Å². The van der Waals surface area contributed by atoms with Crippen molar-refractivity contribution in [3.8, 4) is 11.5 Å². The number of methoxy groups -OCH3 is 1. The number of nitrogens with one attached hydrogen (secondary N) is 1. The van der Waals surface area contributed by atoms with Gasteiger partial charge in [0.1, 0.15) is 11.5 Å². The van der Waals surface area contributed by atoms with Crippen LogP contribution in [0.1, 0.15) is 32.3 Å². The van der Waals surface area contributed by atoms with Crippen molar-refractivity contribution in [3.05, 3.63) is 23.8 Å². The number of aliphatic imine (C=N–C) groups is 1. The van der Waals surface area contributed by atoms with E-state index in [2.05, 4.69) is 22.1 Å². The Labute approximate surface area is 167 Å². The first-order valence-electron chi connectivity index (χ1n) is 8.68. The first-order valence-corrected chi connectivity index (χ1v) is 8.68. The highest BCUT2D eigenvalue weighted by atomic mass is 127. The van der Waals surface area contributed by atoms with Crippen molar-refractivity contribution in [3.63, 3.8) is 0 Å². The molecule has 1 fully saturated rings. The molecule has 1 saturated heterocycles. The van der Waals surface area contributed by atoms with Crippen LogP contribution < -0.4 is 10.1 Å². The normalized spacial score (nSPS) is 15.6. The smallest absolute Gasteiger partial charge is 0.194 e. The van der Waals surface area contributed by atoms with Gasteiger partial charge < -0.3 is 24.8 Å². The Morgan fingerprint density at radius 3 is 2.64 bits per heavy atom. The Morgan fingerprint density at radius 1 is 1.32 bits per heavy atom. The van der Waals surface area contributed by atoms with Crippen LogP contribution in [0.15, 0.2) is 23.2 Å². The van der Waals surface area contributed by atoms with Crippen LogP contribution in [0, 0.1) is 0 Å². The fourth-order valence-electron chi connectivity index (χ4n) is 2.87. The lowest BCUT2D eigenvalue weighted by molar-refractivity contribution is 0.0263. The highest BCUT2D eigenvalue weighted by molar-refractivity contribution is 14.0. The number of aromatic hydroxyl groups is 1. The standard InChI is InChI=1S/C18H29N3O3.HI/c1-4-19-18(21-10-8-15(9-11-21)24-5-2)20-13-14-12-16(23-3)6-7-17(14)22;/h6-7,12,15,22H,4-5,8-11,13H2,1-3H3,(H,19,20);1H. The highest BCUT2D eigenvalue weighted by Crippen LogP contribution is 2.23. The van der Waals surface area contributed by atoms with Crippen molar-refractivity contribution < 1.29 is 14.6 Å². The summed E-state index contributed by atoms with van der Waals surface area (Å²) in [6.07, 6.45) is 2.39. The second kappa shape index (κ2) is 11.4. The van der Waals surface area contributed by atoms with Gasteiger partial charge in [0.25, 0.3) is 0 Å². The predicted molar refractivity (Wildman–Crippen MR) is 111 cm³/mol. The molecule has 2 rings (SSSR count). The van der Waals surface area contributed by atoms with E-state index in [-0.39, 0.29) is 29.7 Å². The maximum Gasteiger partial charge on any atom is 0.194 e. The van der Waals surface area contributed by atoms with Gasteiger partial charge in [0.15, 0.2) is 5.96 Å². The van der Waals surface area contributed by atoms with E-state index in [0.717, 1.165) is 56.4 Å². The van der Waals surface area contributed by atoms with E-state index in [0.29, 0.717) is 12.6 Å². The van der Waals surface area contributed by atoms with Crippen molar-refractivity contribution in [1.82, 2.24) is 10.2 Å². The Balaban J connectivity index is 0.00000312. The number of benzene rings is 1. The summed E-state index contributed by atoms with van der Waals surface area (Å²) in [5.41, 5.74) is 0.758. The van der Waals surface area contributed by atoms with Gasteiger partial charge in [-0.25, -0.2) is 4.99 Å². The summed E-state index contributed by atoms with van der Waals surface area (Å²) in [4.78, 5) is 6.95. The Morgan fingerprint density at radius 2 is 2.04 bits per heavy atom. The predicted octanol–water partition coefficient (Wildman–Crippen LogP) is 2.99. The first-order chi connectivity index (χ1) is 11.7. The van der Waals surface area contributed by atoms with Crippen LogP contribution in [0.25, 0.3) is 0 Å². The SMILES string of the molecule is CCNC(=NCc1cc(OC)ccc1O)N1CCC(OCC)CC1.I. The largest absolute Gasteiger partial charge is 0.508 e. The van der Waals surface area contributed by atoms with Crippen LogP contribution in [0.4, 0.5) is 0 Å². The number of halogens is 1. The Kier molecular flexibility index (Phi) is 9.96. The lowest BCUT2D eigenvalue weighted by Crippen LogP contribution is -2.47. The highest BCUT2D eigenvalue weighted by Gasteiger charge is 2.21. The minimum atomic E-state index is 0. The summed E-state index contributed by atoms with van der Waals surface area (Å²) in [7, 11) is 1.62. The van der Waals surface area contributed by atoms with Gasteiger partial charge in [-0.15, -0.1) is 24.0 Å². The molecule has 1 aliphatic heterocycles. The number of hydrogen-bond donors (Lipinski definition) is 2. The molecule has 1 aromatic rings. The molecule has 0 aliphatic carbocycles. The molecule has 0 bridgehead atoms. The van der Waals surface area contributed by atoms with E-state index >= 15 is 0 Å². The average molecular weight is 463 g/mol. The molecule has 25 heavy (non-hydrogen) atoms. The van der Waals surface area contributed by atoms with E-state index in [1.54, 1.807) is 19.2 Å². The van der Waals surface area contributed by atoms with Crippen molar-refractivity contribution in [2.24, 2.45) is 4.99 Å². The van der Waals surface area contributed by atoms with Crippen LogP contribution in [0.3, 0.4) is 0 Å². The zero-order valence-corrected chi connectivity index (χ0v) is 17.7. The van der Waals surface area contributed by atoms with E-state index in [4.69, 9.17) is 9.47 Å². The topological polar surface area (TPSA) is 66.3 Å². The molecular formula is C18H30IN3O3. The lowest BCUT2D eigenvalue weighted by Gasteiger charge is -2.34. The number of nitrogens with zero attached hydrogens (tertiary/aromatic N) is 2. The van der Waals surface area contributed by atoms with Crippen LogP contribution in [-0.4, -0.2) is 55.4 Å². The third-order valence-corrected chi connectivity index (χ3v) is 4.16. The lowest BCUT2D eigenvalue weighted by atomic mass is 10.1. The van der Waals surface area contributed by atoms with Gasteiger partial charge >= 0.3 is 0 Å². The average Bonchev–Trinajstić information content (AvgIpc) is 2.61. The van der Waals surface area contributed by atoms with Gasteiger partial charge in [-0.1, -0.05) is 0 Å². The van der Waals surface area contributed by atoms with E-state index < -0.39 is 0 Å². The molecule has 0 spiro atoms. The summed E-state index contributed by atoms with van der Waals surface area (Å²) >= 11 is 0. The number of ether oxygens (including phenoxy) is 2. The van der Waals surface area contributed by atoms with E-state index in [9.17, 15) is 5.11 Å². The molecule has 1 aromatic carbocycles. The number of likely N-dealkylation sites (tertiary alicyclic amines) is 1. The molecule has 7 heteroatoms. The number of phenolic OH excluding ortho intramolecular Hbond substituents is 1. The van der Waals surface area contributed by atoms with E-state index in [1.165, 1.54) is 0 Å². The molecule has 0 radical (unpaired) electrons. The van der Waals surface area contributed by atoms with Crippen LogP contribution >= 0.6 is 24.0 Å². The quantitative estimate of drug-likeness (QED) is 0.386. The third-order valence-electron chi connectivity index (χ3n) is 4.16. The van der Waals surface area contributed by atoms with Gasteiger partial charge in [-0.2, -0.15) is 0 Å². The summed E-state index contributed by atoms with van der Waals surface area (Å²) in [6, 6.07) is 5.21. The van der Waals surface area contributed by atoms with E-state index in [1.807, 2.05) is 13.0 Å². The summed E-state index contributed by atoms with van der Waals surface area (Å²) in [5, 5.41) is 13.3. The third kappa shape index (κ3) is 6.54. The molecule has 0 atom stereocenters. The number of piperidine rings is 1. The van der Waals surface area contributed by atoms with Crippen molar-refractivity contribution in [1.29, 1.82) is 0 Å². The molecule has 142 valence electrons. The number of rotatable bonds is 6. The van der Waals surface area contributed by atoms with Crippen molar-refractivity contribution >= 4 is 29.9 Å². The molecule has 0 aromatic heterocycles. The Hall–Kier alpha value is -1.22. The van der Waals surface area contributed by atoms with Crippen LogP contribution in [0.5, 0.6) is 11.5 Å². The zero-order valence-electron chi connectivity index (χ0n) is 15.3. The molecule has 0 saturated carbocycles. The monoisotopic (exact) mass is 463 g/mol. The molecular weight excluding hydrogens is 433 g/mol. The first kappa shape index (κ1) is 21.8. The van der Waals surface area contributed by atoms with Crippen molar-refractivity contribution in [2.45, 2.75) is 39.3 Å². The van der Waals surface area contributed by atoms with Gasteiger partial charge in [0.2, 0.25) is 0 Å². The van der Waals surface area contributed by atoms with Crippen LogP contribution in [-0.2, 0) is 11.3 Å². The second-order valence-electron chi connectivity index (χ2n) is 5.81. The number of phenols is 1. The molecule has 2 N–H and O–H groups in total. The fraction of sp³-hybridized carbons (Fsp3) is 0.611. The molecule has 6 nitrogen and oxygen atoms in total. The molecule has 1 heterocycles. The second-order valence-corrected chi connectivity index (χ2v) is 5.81. The minimum absolute atomic E-state index is 0. The maximum atomic E-state index is 10.0. The molecule has 0 amide bonds. The molecule has 1 aliphatic rings. The fourth-order valence-corrected chi connectivity index (χ4v) is 2.87. The molecule has 0 unspecified atom stereocenters. The summed E-state index contributed by atoms with van der Waals surface area (Å²) < 4.78 is 10.9. The maximum absolute atomic E-state index is 10.0. The van der Waals surface area contributed by atoms with Gasteiger partial charge in [-0.05, 0) is 44.9 Å². The number of guanidine groups is 1. The minimum Gasteiger partial charge on any atom is -0.508 e. The van der Waals surface area contributed by atoms with Gasteiger partial charge in [0.05, 0.1) is 19.8 Å².